The Morgan fingerprint density at radius 1 is 1.26 bits per heavy atom. The maximum atomic E-state index is 6.31. The summed E-state index contributed by atoms with van der Waals surface area (Å²) < 4.78 is 5.81. The van der Waals surface area contributed by atoms with Gasteiger partial charge in [-0.1, -0.05) is 50.0 Å². The highest BCUT2D eigenvalue weighted by Crippen LogP contribution is 2.28. The number of ether oxygens (including phenoxy) is 1. The van der Waals surface area contributed by atoms with Crippen LogP contribution in [-0.4, -0.2) is 18.8 Å². The molecule has 0 aromatic heterocycles. The molecule has 0 spiro atoms. The fourth-order valence-corrected chi connectivity index (χ4v) is 2.73. The normalized spacial score (nSPS) is 15.3. The number of benzene rings is 1. The molecular formula is C15H23Cl2NO. The predicted octanol–water partition coefficient (Wildman–Crippen LogP) is 4.31. The molecular weight excluding hydrogens is 281 g/mol. The Morgan fingerprint density at radius 3 is 2.37 bits per heavy atom. The summed E-state index contributed by atoms with van der Waals surface area (Å²) in [6.45, 7) is 9.05. The minimum atomic E-state index is -0.0985. The molecule has 0 saturated carbocycles. The maximum Gasteiger partial charge on any atom is 0.0777 e. The molecule has 1 aromatic carbocycles. The summed E-state index contributed by atoms with van der Waals surface area (Å²) in [5.41, 5.74) is 7.31. The summed E-state index contributed by atoms with van der Waals surface area (Å²) in [6.07, 6.45) is 0.669. The molecule has 2 nitrogen and oxygen atoms in total. The van der Waals surface area contributed by atoms with Gasteiger partial charge in [0.25, 0.3) is 0 Å². The van der Waals surface area contributed by atoms with Crippen molar-refractivity contribution >= 4 is 23.2 Å². The van der Waals surface area contributed by atoms with Gasteiger partial charge in [0.1, 0.15) is 0 Å². The molecule has 0 fully saturated rings. The number of rotatable bonds is 5. The Kier molecular flexibility index (Phi) is 6.13. The number of halogens is 2. The molecule has 0 saturated heterocycles. The van der Waals surface area contributed by atoms with E-state index in [1.807, 2.05) is 19.1 Å². The highest BCUT2D eigenvalue weighted by atomic mass is 35.5. The monoisotopic (exact) mass is 303 g/mol. The van der Waals surface area contributed by atoms with Crippen LogP contribution in [0.25, 0.3) is 0 Å². The van der Waals surface area contributed by atoms with Crippen LogP contribution >= 0.6 is 23.2 Å². The Hall–Kier alpha value is -0.280. The lowest BCUT2D eigenvalue weighted by Gasteiger charge is -2.35. The summed E-state index contributed by atoms with van der Waals surface area (Å²) in [5, 5.41) is 1.30. The van der Waals surface area contributed by atoms with Gasteiger partial charge in [-0.2, -0.15) is 0 Å². The van der Waals surface area contributed by atoms with Crippen molar-refractivity contribution in [3.8, 4) is 0 Å². The van der Waals surface area contributed by atoms with E-state index in [-0.39, 0.29) is 17.6 Å². The molecule has 0 aliphatic carbocycles. The van der Waals surface area contributed by atoms with Gasteiger partial charge in [-0.05, 0) is 36.5 Å². The quantitative estimate of drug-likeness (QED) is 0.879. The number of nitrogens with two attached hydrogens (primary N) is 1. The van der Waals surface area contributed by atoms with Crippen molar-refractivity contribution in [1.82, 2.24) is 0 Å². The van der Waals surface area contributed by atoms with Gasteiger partial charge >= 0.3 is 0 Å². The topological polar surface area (TPSA) is 35.2 Å². The Balaban J connectivity index is 2.84. The fourth-order valence-electron chi connectivity index (χ4n) is 2.24. The van der Waals surface area contributed by atoms with E-state index in [0.29, 0.717) is 23.1 Å². The van der Waals surface area contributed by atoms with Crippen LogP contribution in [0.15, 0.2) is 18.2 Å². The Bertz CT molecular complexity index is 415. The first-order valence-electron chi connectivity index (χ1n) is 6.56. The Labute approximate surface area is 126 Å². The third-order valence-corrected chi connectivity index (χ3v) is 3.65. The van der Waals surface area contributed by atoms with E-state index in [2.05, 4.69) is 20.8 Å². The van der Waals surface area contributed by atoms with Crippen LogP contribution in [0.4, 0.5) is 0 Å². The lowest BCUT2D eigenvalue weighted by Crippen LogP contribution is -2.46. The number of hydrogen-bond acceptors (Lipinski definition) is 2. The molecule has 1 rings (SSSR count). The van der Waals surface area contributed by atoms with Crippen LogP contribution in [0.2, 0.25) is 10.0 Å². The van der Waals surface area contributed by atoms with Crippen LogP contribution in [0, 0.1) is 5.41 Å². The van der Waals surface area contributed by atoms with Gasteiger partial charge in [-0.25, -0.2) is 0 Å². The van der Waals surface area contributed by atoms with E-state index in [1.165, 1.54) is 0 Å². The Morgan fingerprint density at radius 2 is 1.89 bits per heavy atom. The van der Waals surface area contributed by atoms with Gasteiger partial charge in [0.05, 0.1) is 6.10 Å². The van der Waals surface area contributed by atoms with Gasteiger partial charge < -0.3 is 10.5 Å². The van der Waals surface area contributed by atoms with E-state index in [4.69, 9.17) is 33.7 Å². The first kappa shape index (κ1) is 16.8. The second-order valence-electron chi connectivity index (χ2n) is 5.85. The van der Waals surface area contributed by atoms with Crippen LogP contribution in [-0.2, 0) is 11.2 Å². The maximum absolute atomic E-state index is 6.31. The van der Waals surface area contributed by atoms with E-state index >= 15 is 0 Å². The van der Waals surface area contributed by atoms with Crippen LogP contribution in [0.3, 0.4) is 0 Å². The summed E-state index contributed by atoms with van der Waals surface area (Å²) in [4.78, 5) is 0. The van der Waals surface area contributed by atoms with Crippen molar-refractivity contribution in [3.63, 3.8) is 0 Å². The van der Waals surface area contributed by atoms with Crippen molar-refractivity contribution in [3.05, 3.63) is 33.8 Å². The lowest BCUT2D eigenvalue weighted by atomic mass is 9.82. The molecule has 0 heterocycles. The second-order valence-corrected chi connectivity index (χ2v) is 6.69. The molecule has 108 valence electrons. The van der Waals surface area contributed by atoms with Crippen molar-refractivity contribution in [2.45, 2.75) is 46.3 Å². The SMILES string of the molecule is CCOC(C(N)Cc1ccc(Cl)cc1Cl)C(C)(C)C. The van der Waals surface area contributed by atoms with Gasteiger partial charge in [-0.3, -0.25) is 0 Å². The van der Waals surface area contributed by atoms with E-state index < -0.39 is 0 Å². The summed E-state index contributed by atoms with van der Waals surface area (Å²) >= 11 is 12.1. The first-order chi connectivity index (χ1) is 8.75. The lowest BCUT2D eigenvalue weighted by molar-refractivity contribution is -0.0274. The summed E-state index contributed by atoms with van der Waals surface area (Å²) in [5.74, 6) is 0. The predicted molar refractivity (Wildman–Crippen MR) is 83.0 cm³/mol. The van der Waals surface area contributed by atoms with E-state index in [1.54, 1.807) is 6.07 Å². The molecule has 0 radical (unpaired) electrons. The van der Waals surface area contributed by atoms with Gasteiger partial charge in [0.15, 0.2) is 0 Å². The zero-order chi connectivity index (χ0) is 14.6. The fraction of sp³-hybridized carbons (Fsp3) is 0.600. The third-order valence-electron chi connectivity index (χ3n) is 3.06. The van der Waals surface area contributed by atoms with Crippen molar-refractivity contribution in [1.29, 1.82) is 0 Å². The van der Waals surface area contributed by atoms with Gasteiger partial charge in [0.2, 0.25) is 0 Å². The average Bonchev–Trinajstić information content (AvgIpc) is 2.28. The largest absolute Gasteiger partial charge is 0.376 e. The number of hydrogen-bond donors (Lipinski definition) is 1. The molecule has 2 unspecified atom stereocenters. The summed E-state index contributed by atoms with van der Waals surface area (Å²) in [7, 11) is 0. The molecule has 4 heteroatoms. The third kappa shape index (κ3) is 4.96. The first-order valence-corrected chi connectivity index (χ1v) is 7.32. The molecule has 0 amide bonds. The zero-order valence-electron chi connectivity index (χ0n) is 12.0. The molecule has 1 aromatic rings. The molecule has 19 heavy (non-hydrogen) atoms. The standard InChI is InChI=1S/C15H23Cl2NO/c1-5-19-14(15(2,3)4)13(18)8-10-6-7-11(16)9-12(10)17/h6-7,9,13-14H,5,8,18H2,1-4H3. The van der Waals surface area contributed by atoms with Crippen molar-refractivity contribution in [2.24, 2.45) is 11.1 Å². The van der Waals surface area contributed by atoms with Crippen LogP contribution in [0.1, 0.15) is 33.3 Å². The highest BCUT2D eigenvalue weighted by molar-refractivity contribution is 6.35. The van der Waals surface area contributed by atoms with E-state index in [9.17, 15) is 0 Å². The smallest absolute Gasteiger partial charge is 0.0777 e. The van der Waals surface area contributed by atoms with Crippen LogP contribution in [0.5, 0.6) is 0 Å². The molecule has 0 aliphatic heterocycles. The molecule has 2 N–H and O–H groups in total. The zero-order valence-corrected chi connectivity index (χ0v) is 13.6. The second kappa shape index (κ2) is 6.94. The van der Waals surface area contributed by atoms with Crippen molar-refractivity contribution in [2.75, 3.05) is 6.61 Å². The minimum absolute atomic E-state index is 0.00563. The average molecular weight is 304 g/mol. The highest BCUT2D eigenvalue weighted by Gasteiger charge is 2.31. The minimum Gasteiger partial charge on any atom is -0.376 e. The van der Waals surface area contributed by atoms with Crippen LogP contribution < -0.4 is 5.73 Å². The summed E-state index contributed by atoms with van der Waals surface area (Å²) in [6, 6.07) is 5.41. The van der Waals surface area contributed by atoms with Gasteiger partial charge in [0, 0.05) is 22.7 Å². The van der Waals surface area contributed by atoms with E-state index in [0.717, 1.165) is 5.56 Å². The van der Waals surface area contributed by atoms with Crippen molar-refractivity contribution < 1.29 is 4.74 Å². The molecule has 0 aliphatic rings. The molecule has 2 atom stereocenters. The molecule has 0 bridgehead atoms. The van der Waals surface area contributed by atoms with Gasteiger partial charge in [-0.15, -0.1) is 0 Å².